The first-order valence-corrected chi connectivity index (χ1v) is 9.21. The third-order valence-electron chi connectivity index (χ3n) is 4.09. The van der Waals surface area contributed by atoms with E-state index in [-0.39, 0.29) is 0 Å². The number of carboxylic acid groups (broad SMARTS) is 1. The number of unbranched alkanes of at least 4 members (excludes halogenated alkanes) is 7. The molecule has 1 rings (SSSR count). The molecule has 2 N–H and O–H groups in total. The summed E-state index contributed by atoms with van der Waals surface area (Å²) in [6.45, 7) is 2.82. The molecule has 1 aromatic rings. The third kappa shape index (κ3) is 9.25. The number of aliphatic hydroxyl groups excluding tert-OH is 1. The van der Waals surface area contributed by atoms with Crippen LogP contribution in [0.2, 0.25) is 0 Å². The van der Waals surface area contributed by atoms with Crippen LogP contribution in [0.4, 0.5) is 0 Å². The average molecular weight is 350 g/mol. The SMILES string of the molecule is CCCCCCCCCCOc1cccc(C(=O)CC(O)C(=O)O)c1. The molecule has 0 aromatic heterocycles. The fourth-order valence-corrected chi connectivity index (χ4v) is 2.57. The van der Waals surface area contributed by atoms with Crippen LogP contribution in [-0.2, 0) is 4.79 Å². The standard InChI is InChI=1S/C20H30O5/c1-2-3-4-5-6-7-8-9-13-25-17-12-10-11-16(14-17)18(21)15-19(22)20(23)24/h10-12,14,19,22H,2-9,13,15H2,1H3,(H,23,24). The van der Waals surface area contributed by atoms with Gasteiger partial charge in [-0.1, -0.05) is 64.0 Å². The van der Waals surface area contributed by atoms with E-state index in [1.54, 1.807) is 24.3 Å². The number of Topliss-reactive ketones (excluding diaryl/α,β-unsaturated/α-hetero) is 1. The highest BCUT2D eigenvalue weighted by Gasteiger charge is 2.19. The van der Waals surface area contributed by atoms with Gasteiger partial charge in [0.1, 0.15) is 5.75 Å². The molecule has 0 radical (unpaired) electrons. The van der Waals surface area contributed by atoms with Gasteiger partial charge in [0.25, 0.3) is 0 Å². The molecule has 1 aromatic carbocycles. The van der Waals surface area contributed by atoms with E-state index < -0.39 is 24.3 Å². The van der Waals surface area contributed by atoms with E-state index in [1.807, 2.05) is 0 Å². The summed E-state index contributed by atoms with van der Waals surface area (Å²) >= 11 is 0. The average Bonchev–Trinajstić information content (AvgIpc) is 2.60. The molecule has 0 saturated heterocycles. The lowest BCUT2D eigenvalue weighted by molar-refractivity contribution is -0.146. The largest absolute Gasteiger partial charge is 0.494 e. The van der Waals surface area contributed by atoms with Gasteiger partial charge in [-0.05, 0) is 18.6 Å². The van der Waals surface area contributed by atoms with Crippen molar-refractivity contribution in [2.75, 3.05) is 6.61 Å². The summed E-state index contributed by atoms with van der Waals surface area (Å²) < 4.78 is 5.66. The highest BCUT2D eigenvalue weighted by atomic mass is 16.5. The van der Waals surface area contributed by atoms with Crippen LogP contribution in [0.3, 0.4) is 0 Å². The maximum Gasteiger partial charge on any atom is 0.332 e. The Balaban J connectivity index is 2.26. The maximum atomic E-state index is 12.0. The number of hydrogen-bond donors (Lipinski definition) is 2. The van der Waals surface area contributed by atoms with Gasteiger partial charge in [-0.3, -0.25) is 4.79 Å². The van der Waals surface area contributed by atoms with Gasteiger partial charge in [0, 0.05) is 12.0 Å². The molecule has 5 heteroatoms. The second-order valence-corrected chi connectivity index (χ2v) is 6.33. The number of hydrogen-bond acceptors (Lipinski definition) is 4. The lowest BCUT2D eigenvalue weighted by Crippen LogP contribution is -2.23. The van der Waals surface area contributed by atoms with Crippen molar-refractivity contribution in [3.63, 3.8) is 0 Å². The molecule has 0 aliphatic carbocycles. The molecular formula is C20H30O5. The molecule has 0 aliphatic rings. The zero-order valence-electron chi connectivity index (χ0n) is 15.1. The summed E-state index contributed by atoms with van der Waals surface area (Å²) in [5, 5.41) is 17.9. The van der Waals surface area contributed by atoms with E-state index in [2.05, 4.69) is 6.92 Å². The van der Waals surface area contributed by atoms with Crippen LogP contribution in [0.25, 0.3) is 0 Å². The number of carboxylic acids is 1. The van der Waals surface area contributed by atoms with Gasteiger partial charge in [-0.15, -0.1) is 0 Å². The summed E-state index contributed by atoms with van der Waals surface area (Å²) in [5.74, 6) is -1.21. The van der Waals surface area contributed by atoms with Crippen LogP contribution in [0.15, 0.2) is 24.3 Å². The number of ether oxygens (including phenoxy) is 1. The Morgan fingerprint density at radius 2 is 1.68 bits per heavy atom. The first-order chi connectivity index (χ1) is 12.0. The number of ketones is 1. The number of carbonyl (C=O) groups excluding carboxylic acids is 1. The van der Waals surface area contributed by atoms with Crippen molar-refractivity contribution in [1.82, 2.24) is 0 Å². The number of aliphatic hydroxyl groups is 1. The van der Waals surface area contributed by atoms with Crippen LogP contribution < -0.4 is 4.74 Å². The predicted molar refractivity (Wildman–Crippen MR) is 97.1 cm³/mol. The molecule has 1 atom stereocenters. The van der Waals surface area contributed by atoms with E-state index in [1.165, 1.54) is 38.5 Å². The summed E-state index contributed by atoms with van der Waals surface area (Å²) in [7, 11) is 0. The van der Waals surface area contributed by atoms with Gasteiger partial charge < -0.3 is 14.9 Å². The summed E-state index contributed by atoms with van der Waals surface area (Å²) in [6, 6.07) is 6.67. The molecule has 0 spiro atoms. The quantitative estimate of drug-likeness (QED) is 0.387. The Morgan fingerprint density at radius 3 is 2.32 bits per heavy atom. The molecule has 1 unspecified atom stereocenters. The monoisotopic (exact) mass is 350 g/mol. The Morgan fingerprint density at radius 1 is 1.04 bits per heavy atom. The smallest absolute Gasteiger partial charge is 0.332 e. The van der Waals surface area contributed by atoms with E-state index in [4.69, 9.17) is 9.84 Å². The summed E-state index contributed by atoms with van der Waals surface area (Å²) in [5.41, 5.74) is 0.355. The van der Waals surface area contributed by atoms with E-state index in [9.17, 15) is 14.7 Å². The van der Waals surface area contributed by atoms with E-state index in [0.717, 1.165) is 12.8 Å². The first kappa shape index (κ1) is 21.2. The van der Waals surface area contributed by atoms with Crippen molar-refractivity contribution in [2.45, 2.75) is 70.8 Å². The lowest BCUT2D eigenvalue weighted by Gasteiger charge is -2.09. The molecule has 25 heavy (non-hydrogen) atoms. The number of carbonyl (C=O) groups is 2. The van der Waals surface area contributed by atoms with E-state index in [0.29, 0.717) is 17.9 Å². The normalized spacial score (nSPS) is 11.9. The number of benzene rings is 1. The lowest BCUT2D eigenvalue weighted by atomic mass is 10.1. The minimum Gasteiger partial charge on any atom is -0.494 e. The minimum atomic E-state index is -1.67. The topological polar surface area (TPSA) is 83.8 Å². The van der Waals surface area contributed by atoms with E-state index >= 15 is 0 Å². The maximum absolute atomic E-state index is 12.0. The van der Waals surface area contributed by atoms with Crippen molar-refractivity contribution in [2.24, 2.45) is 0 Å². The molecule has 0 saturated carbocycles. The Hall–Kier alpha value is -1.88. The van der Waals surface area contributed by atoms with Gasteiger partial charge in [0.15, 0.2) is 11.9 Å². The van der Waals surface area contributed by atoms with Gasteiger partial charge >= 0.3 is 5.97 Å². The molecule has 5 nitrogen and oxygen atoms in total. The fourth-order valence-electron chi connectivity index (χ4n) is 2.57. The molecule has 0 amide bonds. The highest BCUT2D eigenvalue weighted by molar-refractivity contribution is 5.98. The zero-order valence-corrected chi connectivity index (χ0v) is 15.1. The molecular weight excluding hydrogens is 320 g/mol. The van der Waals surface area contributed by atoms with Crippen LogP contribution in [0.5, 0.6) is 5.75 Å². The predicted octanol–water partition coefficient (Wildman–Crippen LogP) is 4.22. The van der Waals surface area contributed by atoms with Crippen LogP contribution >= 0.6 is 0 Å². The number of rotatable bonds is 14. The minimum absolute atomic E-state index is 0.355. The van der Waals surface area contributed by atoms with Gasteiger partial charge in [0.2, 0.25) is 0 Å². The van der Waals surface area contributed by atoms with Gasteiger partial charge in [-0.2, -0.15) is 0 Å². The molecule has 140 valence electrons. The van der Waals surface area contributed by atoms with Crippen molar-refractivity contribution in [3.05, 3.63) is 29.8 Å². The molecule has 0 fully saturated rings. The molecule has 0 aliphatic heterocycles. The Labute approximate surface area is 150 Å². The van der Waals surface area contributed by atoms with Crippen molar-refractivity contribution >= 4 is 11.8 Å². The van der Waals surface area contributed by atoms with Crippen LogP contribution in [0.1, 0.15) is 75.1 Å². The molecule has 0 heterocycles. The molecule has 0 bridgehead atoms. The zero-order chi connectivity index (χ0) is 18.5. The van der Waals surface area contributed by atoms with Crippen molar-refractivity contribution < 1.29 is 24.5 Å². The van der Waals surface area contributed by atoms with Gasteiger partial charge in [-0.25, -0.2) is 4.79 Å². The Kier molecular flexibility index (Phi) is 10.6. The first-order valence-electron chi connectivity index (χ1n) is 9.21. The van der Waals surface area contributed by atoms with Gasteiger partial charge in [0.05, 0.1) is 6.61 Å². The second-order valence-electron chi connectivity index (χ2n) is 6.33. The number of aliphatic carboxylic acids is 1. The van der Waals surface area contributed by atoms with Crippen LogP contribution in [-0.4, -0.2) is 34.7 Å². The Bertz CT molecular complexity index is 527. The summed E-state index contributed by atoms with van der Waals surface area (Å²) in [4.78, 5) is 22.6. The van der Waals surface area contributed by atoms with Crippen molar-refractivity contribution in [3.8, 4) is 5.75 Å². The summed E-state index contributed by atoms with van der Waals surface area (Å²) in [6.07, 6.45) is 7.72. The fraction of sp³-hybridized carbons (Fsp3) is 0.600. The van der Waals surface area contributed by atoms with Crippen molar-refractivity contribution in [1.29, 1.82) is 0 Å². The highest BCUT2D eigenvalue weighted by Crippen LogP contribution is 2.16. The second kappa shape index (κ2) is 12.5. The van der Waals surface area contributed by atoms with Crippen LogP contribution in [0, 0.1) is 0 Å². The third-order valence-corrected chi connectivity index (χ3v) is 4.09.